The van der Waals surface area contributed by atoms with Gasteiger partial charge in [-0.2, -0.15) is 0 Å². The number of aromatic nitrogens is 2. The minimum Gasteiger partial charge on any atom is -0.464 e. The van der Waals surface area contributed by atoms with Crippen LogP contribution in [0.1, 0.15) is 104 Å². The van der Waals surface area contributed by atoms with Crippen LogP contribution in [0.25, 0.3) is 33.3 Å². The predicted octanol–water partition coefficient (Wildman–Crippen LogP) is 7.38. The van der Waals surface area contributed by atoms with Gasteiger partial charge in [-0.3, -0.25) is 38.9 Å². The number of nitrogens with zero attached hydrogens (tertiary/aromatic N) is 6. The summed E-state index contributed by atoms with van der Waals surface area (Å²) < 4.78 is 14.3. The number of hydrogen-bond acceptors (Lipinski definition) is 11. The first-order chi connectivity index (χ1) is 34.6. The van der Waals surface area contributed by atoms with E-state index in [1.54, 1.807) is 29.2 Å². The van der Waals surface area contributed by atoms with Gasteiger partial charge in [0, 0.05) is 90.9 Å². The summed E-state index contributed by atoms with van der Waals surface area (Å²) in [5, 5.41) is 5.67. The molecule has 3 saturated heterocycles. The zero-order valence-electron chi connectivity index (χ0n) is 44.7. The van der Waals surface area contributed by atoms with E-state index in [1.807, 2.05) is 71.8 Å². The standard InChI is InChI=1S/C57H76N8O7S/c1-12-63-45-21-20-39-30-41(45)42(50(63)40-18-14-24-58-48(40)36(4)71-11)32-55(5,6)34-72-53(69)43-19-15-25-65(60-43)52(68)44(29-37-16-13-17-38(39)28-37)59-51(67)49(35(2)3)64-27-23-57(54(64)70)22-26-62(33-57)47(66)31-46(73)56(7,8)61(9)10/h13-14,16-18,20-21,24,28,30-31,35-36,43-44,49,60,73H,12,15,19,22-23,25-27,29,32-34H2,1-11H3,(H,59,67)/b46-31+/t36-,43-,44-,49-,57-/m0/s1. The van der Waals surface area contributed by atoms with Crippen LogP contribution in [0.4, 0.5) is 0 Å². The van der Waals surface area contributed by atoms with Gasteiger partial charge < -0.3 is 29.2 Å². The zero-order chi connectivity index (χ0) is 52.7. The molecule has 8 rings (SSSR count). The van der Waals surface area contributed by atoms with Crippen LogP contribution >= 0.6 is 12.6 Å². The smallest absolute Gasteiger partial charge is 0.324 e. The van der Waals surface area contributed by atoms with Gasteiger partial charge in [0.25, 0.3) is 5.91 Å². The Morgan fingerprint density at radius 2 is 1.77 bits per heavy atom. The van der Waals surface area contributed by atoms with Crippen molar-refractivity contribution in [3.63, 3.8) is 0 Å². The summed E-state index contributed by atoms with van der Waals surface area (Å²) >= 11 is 4.68. The predicted molar refractivity (Wildman–Crippen MR) is 287 cm³/mol. The van der Waals surface area contributed by atoms with Crippen molar-refractivity contribution in [3.8, 4) is 22.4 Å². The number of esters is 1. The molecule has 2 aromatic heterocycles. The average molecular weight is 1020 g/mol. The molecule has 4 aliphatic rings. The summed E-state index contributed by atoms with van der Waals surface area (Å²) in [7, 11) is 5.56. The van der Waals surface area contributed by atoms with E-state index in [0.29, 0.717) is 63.2 Å². The maximum absolute atomic E-state index is 14.9. The lowest BCUT2D eigenvalue weighted by Gasteiger charge is -2.37. The second kappa shape index (κ2) is 21.4. The summed E-state index contributed by atoms with van der Waals surface area (Å²) in [5.74, 6) is -1.92. The number of rotatable bonds is 11. The number of aryl methyl sites for hydroxylation is 1. The monoisotopic (exact) mass is 1020 g/mol. The average Bonchev–Trinajstić information content (AvgIpc) is 4.04. The largest absolute Gasteiger partial charge is 0.464 e. The van der Waals surface area contributed by atoms with Crippen LogP contribution in [0.5, 0.6) is 0 Å². The third-order valence-corrected chi connectivity index (χ3v) is 16.8. The first-order valence-electron chi connectivity index (χ1n) is 26.0. The van der Waals surface area contributed by atoms with Crippen molar-refractivity contribution in [2.24, 2.45) is 16.7 Å². The van der Waals surface area contributed by atoms with Crippen LogP contribution in [0.15, 0.2) is 71.8 Å². The first-order valence-corrected chi connectivity index (χ1v) is 26.5. The molecule has 0 aliphatic carbocycles. The summed E-state index contributed by atoms with van der Waals surface area (Å²) in [5.41, 5.74) is 9.24. The van der Waals surface area contributed by atoms with E-state index in [1.165, 1.54) is 5.01 Å². The van der Waals surface area contributed by atoms with Crippen LogP contribution in [0.3, 0.4) is 0 Å². The number of methoxy groups -OCH3 is 1. The van der Waals surface area contributed by atoms with E-state index in [4.69, 9.17) is 14.5 Å². The van der Waals surface area contributed by atoms with E-state index in [-0.39, 0.29) is 49.3 Å². The van der Waals surface area contributed by atoms with Gasteiger partial charge >= 0.3 is 5.97 Å². The number of likely N-dealkylation sites (N-methyl/N-ethyl adjacent to an activating group) is 1. The molecular formula is C57H76N8O7S. The summed E-state index contributed by atoms with van der Waals surface area (Å²) in [6.07, 6.45) is 5.84. The highest BCUT2D eigenvalue weighted by Crippen LogP contribution is 2.44. The van der Waals surface area contributed by atoms with Crippen molar-refractivity contribution in [2.75, 3.05) is 54.0 Å². The molecule has 0 radical (unpaired) electrons. The lowest BCUT2D eigenvalue weighted by atomic mass is 9.84. The van der Waals surface area contributed by atoms with Crippen molar-refractivity contribution in [3.05, 3.63) is 88.6 Å². The number of amides is 4. The molecule has 6 heterocycles. The van der Waals surface area contributed by atoms with Gasteiger partial charge in [-0.1, -0.05) is 58.0 Å². The highest BCUT2D eigenvalue weighted by molar-refractivity contribution is 7.84. The number of hydrogen-bond donors (Lipinski definition) is 3. The number of thiol groups is 1. The Kier molecular flexibility index (Phi) is 15.7. The van der Waals surface area contributed by atoms with Gasteiger partial charge in [0.2, 0.25) is 17.7 Å². The number of cyclic esters (lactones) is 1. The Labute approximate surface area is 436 Å². The molecule has 2 N–H and O–H groups in total. The second-order valence-electron chi connectivity index (χ2n) is 22.6. The molecule has 5 atom stereocenters. The number of carbonyl (C=O) groups is 5. The number of pyridine rings is 1. The molecule has 6 bridgehead atoms. The van der Waals surface area contributed by atoms with E-state index < -0.39 is 46.4 Å². The molecular weight excluding hydrogens is 941 g/mol. The van der Waals surface area contributed by atoms with Gasteiger partial charge in [-0.05, 0) is 126 Å². The maximum Gasteiger partial charge on any atom is 0.324 e. The SMILES string of the molecule is CCn1c(-c2cccnc2[C@H](C)OC)c2c3cc(ccc31)-c1cccc(c1)C[C@H](NC(=O)[C@H](C(C)C)N1CC[C@]3(CCN(C(=O)/C=C(/S)C(C)(C)N(C)C)C3)C1=O)C(=O)N1CCC[C@H](N1)C(=O)OCC(C)(C)C2. The number of carbonyl (C=O) groups excluding carboxylic acids is 5. The Bertz CT molecular complexity index is 2800. The third-order valence-electron chi connectivity index (χ3n) is 16.1. The molecule has 15 nitrogen and oxygen atoms in total. The van der Waals surface area contributed by atoms with Gasteiger partial charge in [0.05, 0.1) is 29.5 Å². The van der Waals surface area contributed by atoms with Crippen molar-refractivity contribution in [1.29, 1.82) is 0 Å². The number of ether oxygens (including phenoxy) is 2. The van der Waals surface area contributed by atoms with E-state index in [0.717, 1.165) is 50.1 Å². The minimum absolute atomic E-state index is 0.134. The quantitative estimate of drug-likeness (QED) is 0.0787. The Morgan fingerprint density at radius 3 is 2.48 bits per heavy atom. The zero-order valence-corrected chi connectivity index (χ0v) is 45.6. The van der Waals surface area contributed by atoms with Gasteiger partial charge in [0.1, 0.15) is 18.1 Å². The third kappa shape index (κ3) is 10.7. The van der Waals surface area contributed by atoms with E-state index in [2.05, 4.69) is 85.1 Å². The van der Waals surface area contributed by atoms with Gasteiger partial charge in [-0.15, -0.1) is 12.6 Å². The van der Waals surface area contributed by atoms with Crippen LogP contribution in [0, 0.1) is 16.7 Å². The van der Waals surface area contributed by atoms with Crippen molar-refractivity contribution >= 4 is 53.1 Å². The molecule has 4 amide bonds. The number of benzene rings is 2. The maximum atomic E-state index is 14.9. The summed E-state index contributed by atoms with van der Waals surface area (Å²) in [6.45, 7) is 18.4. The number of nitrogens with one attached hydrogen (secondary N) is 2. The lowest BCUT2D eigenvalue weighted by Crippen LogP contribution is -2.62. The molecule has 392 valence electrons. The molecule has 4 aliphatic heterocycles. The van der Waals surface area contributed by atoms with Gasteiger partial charge in [0.15, 0.2) is 0 Å². The fourth-order valence-electron chi connectivity index (χ4n) is 11.2. The topological polar surface area (TPSA) is 159 Å². The number of likely N-dealkylation sites (tertiary alicyclic amines) is 2. The number of fused-ring (bicyclic) bond motifs is 6. The summed E-state index contributed by atoms with van der Waals surface area (Å²) in [4.78, 5) is 82.9. The number of hydrazine groups is 1. The Balaban J connectivity index is 1.13. The molecule has 4 aromatic rings. The highest BCUT2D eigenvalue weighted by Gasteiger charge is 2.54. The Morgan fingerprint density at radius 1 is 1.03 bits per heavy atom. The molecule has 3 fully saturated rings. The normalized spacial score (nSPS) is 22.8. The molecule has 0 saturated carbocycles. The molecule has 16 heteroatoms. The van der Waals surface area contributed by atoms with Crippen LogP contribution in [-0.2, 0) is 52.8 Å². The fraction of sp³-hybridized carbons (Fsp3) is 0.544. The van der Waals surface area contributed by atoms with Crippen molar-refractivity contribution < 1.29 is 33.4 Å². The van der Waals surface area contributed by atoms with E-state index >= 15 is 0 Å². The first kappa shape index (κ1) is 53.7. The molecule has 0 unspecified atom stereocenters. The van der Waals surface area contributed by atoms with Crippen LogP contribution < -0.4 is 10.7 Å². The minimum atomic E-state index is -1.05. The van der Waals surface area contributed by atoms with Crippen LogP contribution in [-0.4, -0.2) is 137 Å². The summed E-state index contributed by atoms with van der Waals surface area (Å²) in [6, 6.07) is 16.0. The Hall–Kier alpha value is -5.55. The lowest BCUT2D eigenvalue weighted by molar-refractivity contribution is -0.155. The fourth-order valence-corrected chi connectivity index (χ4v) is 11.5. The highest BCUT2D eigenvalue weighted by atomic mass is 32.1. The van der Waals surface area contributed by atoms with Crippen LogP contribution in [0.2, 0.25) is 0 Å². The van der Waals surface area contributed by atoms with Crippen molar-refractivity contribution in [1.82, 2.24) is 40.0 Å². The second-order valence-corrected chi connectivity index (χ2v) is 23.0. The van der Waals surface area contributed by atoms with Gasteiger partial charge in [-0.25, -0.2) is 5.43 Å². The molecule has 2 aromatic carbocycles. The molecule has 73 heavy (non-hydrogen) atoms. The molecule has 1 spiro atoms. The van der Waals surface area contributed by atoms with Crippen molar-refractivity contribution in [2.45, 2.75) is 130 Å². The van der Waals surface area contributed by atoms with E-state index in [9.17, 15) is 24.0 Å².